The number of rotatable bonds is 15. The molecule has 0 aromatic rings. The highest BCUT2D eigenvalue weighted by Gasteiger charge is 2.49. The Morgan fingerprint density at radius 1 is 0.727 bits per heavy atom. The van der Waals surface area contributed by atoms with Gasteiger partial charge in [-0.3, -0.25) is 0 Å². The minimum atomic E-state index is -1.57. The van der Waals surface area contributed by atoms with Crippen LogP contribution in [-0.4, -0.2) is 106 Å². The summed E-state index contributed by atoms with van der Waals surface area (Å²) in [5, 5.41) is 60.0. The predicted octanol–water partition coefficient (Wildman–Crippen LogP) is 0.187. The molecule has 0 saturated carbocycles. The SMILES string of the molecule is CCCCCCCCCCCCOC1OC(CO)[C@@H](OC2OCC(O)C(O)C2O)C(O)C1O. The molecule has 0 aliphatic carbocycles. The highest BCUT2D eigenvalue weighted by atomic mass is 16.7. The van der Waals surface area contributed by atoms with Gasteiger partial charge in [0.25, 0.3) is 0 Å². The fraction of sp³-hybridized carbons (Fsp3) is 1.00. The van der Waals surface area contributed by atoms with Crippen molar-refractivity contribution < 1.29 is 49.6 Å². The zero-order valence-electron chi connectivity index (χ0n) is 19.7. The standard InChI is InChI=1S/C23H44O10/c1-2-3-4-5-6-7-8-9-10-11-12-30-22-20(29)18(27)21(16(13-24)32-22)33-23-19(28)17(26)15(25)14-31-23/h15-29H,2-14H2,1H3/t15?,16?,17?,18?,19?,20?,21-,22?,23?/m1/s1. The Morgan fingerprint density at radius 2 is 1.30 bits per heavy atom. The monoisotopic (exact) mass is 480 g/mol. The average molecular weight is 481 g/mol. The van der Waals surface area contributed by atoms with E-state index in [9.17, 15) is 30.6 Å². The van der Waals surface area contributed by atoms with Crippen LogP contribution in [0.3, 0.4) is 0 Å². The summed E-state index contributed by atoms with van der Waals surface area (Å²) in [6, 6.07) is 0. The molecule has 2 rings (SSSR count). The zero-order chi connectivity index (χ0) is 24.2. The minimum Gasteiger partial charge on any atom is -0.394 e. The Hall–Kier alpha value is -0.400. The first-order chi connectivity index (χ1) is 15.9. The quantitative estimate of drug-likeness (QED) is 0.179. The van der Waals surface area contributed by atoms with Gasteiger partial charge in [-0.2, -0.15) is 0 Å². The first-order valence-corrected chi connectivity index (χ1v) is 12.5. The molecule has 6 N–H and O–H groups in total. The molecule has 0 bridgehead atoms. The second-order valence-corrected chi connectivity index (χ2v) is 9.11. The van der Waals surface area contributed by atoms with Gasteiger partial charge < -0.3 is 49.6 Å². The van der Waals surface area contributed by atoms with Crippen LogP contribution in [0.5, 0.6) is 0 Å². The van der Waals surface area contributed by atoms with Crippen molar-refractivity contribution in [1.82, 2.24) is 0 Å². The van der Waals surface area contributed by atoms with Gasteiger partial charge in [-0.25, -0.2) is 0 Å². The molecule has 8 unspecified atom stereocenters. The lowest BCUT2D eigenvalue weighted by Gasteiger charge is -2.44. The number of aliphatic hydroxyl groups excluding tert-OH is 6. The molecule has 196 valence electrons. The molecule has 2 saturated heterocycles. The Bertz CT molecular complexity index is 508. The maximum Gasteiger partial charge on any atom is 0.186 e. The van der Waals surface area contributed by atoms with Crippen LogP contribution in [0, 0.1) is 0 Å². The number of unbranched alkanes of at least 4 members (excludes halogenated alkanes) is 9. The second-order valence-electron chi connectivity index (χ2n) is 9.11. The Labute approximate surface area is 196 Å². The average Bonchev–Trinajstić information content (AvgIpc) is 2.81. The van der Waals surface area contributed by atoms with Gasteiger partial charge in [-0.05, 0) is 6.42 Å². The van der Waals surface area contributed by atoms with Crippen LogP contribution >= 0.6 is 0 Å². The van der Waals surface area contributed by atoms with E-state index in [-0.39, 0.29) is 6.61 Å². The third-order valence-electron chi connectivity index (χ3n) is 6.35. The molecule has 0 amide bonds. The summed E-state index contributed by atoms with van der Waals surface area (Å²) in [6.45, 7) is 1.76. The molecular weight excluding hydrogens is 436 g/mol. The lowest BCUT2D eigenvalue weighted by Crippen LogP contribution is -2.63. The predicted molar refractivity (Wildman–Crippen MR) is 118 cm³/mol. The van der Waals surface area contributed by atoms with Gasteiger partial charge in [0.1, 0.15) is 42.7 Å². The molecule has 2 fully saturated rings. The van der Waals surface area contributed by atoms with E-state index in [1.807, 2.05) is 0 Å². The number of ether oxygens (including phenoxy) is 4. The van der Waals surface area contributed by atoms with E-state index >= 15 is 0 Å². The van der Waals surface area contributed by atoms with E-state index in [1.165, 1.54) is 44.9 Å². The fourth-order valence-electron chi connectivity index (χ4n) is 4.20. The largest absolute Gasteiger partial charge is 0.394 e. The van der Waals surface area contributed by atoms with Crippen molar-refractivity contribution in [1.29, 1.82) is 0 Å². The molecule has 33 heavy (non-hydrogen) atoms. The van der Waals surface area contributed by atoms with Gasteiger partial charge in [0.2, 0.25) is 0 Å². The molecule has 9 atom stereocenters. The highest BCUT2D eigenvalue weighted by molar-refractivity contribution is 4.92. The summed E-state index contributed by atoms with van der Waals surface area (Å²) in [4.78, 5) is 0. The summed E-state index contributed by atoms with van der Waals surface area (Å²) in [5.74, 6) is 0. The summed E-state index contributed by atoms with van der Waals surface area (Å²) in [7, 11) is 0. The van der Waals surface area contributed by atoms with Crippen molar-refractivity contribution >= 4 is 0 Å². The van der Waals surface area contributed by atoms with Crippen molar-refractivity contribution in [3.8, 4) is 0 Å². The smallest absolute Gasteiger partial charge is 0.186 e. The summed E-state index contributed by atoms with van der Waals surface area (Å²) in [5.41, 5.74) is 0. The lowest BCUT2D eigenvalue weighted by molar-refractivity contribution is -0.348. The number of hydrogen-bond donors (Lipinski definition) is 6. The topological polar surface area (TPSA) is 158 Å². The van der Waals surface area contributed by atoms with Crippen LogP contribution in [0.4, 0.5) is 0 Å². The third kappa shape index (κ3) is 8.96. The van der Waals surface area contributed by atoms with Crippen molar-refractivity contribution in [3.05, 3.63) is 0 Å². The molecule has 2 heterocycles. The second kappa shape index (κ2) is 15.6. The summed E-state index contributed by atoms with van der Waals surface area (Å²) >= 11 is 0. The number of hydrogen-bond acceptors (Lipinski definition) is 10. The van der Waals surface area contributed by atoms with Gasteiger partial charge in [-0.15, -0.1) is 0 Å². The normalized spacial score (nSPS) is 37.4. The van der Waals surface area contributed by atoms with Crippen molar-refractivity contribution in [2.75, 3.05) is 19.8 Å². The van der Waals surface area contributed by atoms with Crippen molar-refractivity contribution in [3.63, 3.8) is 0 Å². The molecule has 10 nitrogen and oxygen atoms in total. The first kappa shape index (κ1) is 28.8. The molecule has 2 aliphatic heterocycles. The first-order valence-electron chi connectivity index (χ1n) is 12.5. The molecule has 0 aromatic heterocycles. The van der Waals surface area contributed by atoms with E-state index in [2.05, 4.69) is 6.92 Å². The molecule has 10 heteroatoms. The summed E-state index contributed by atoms with van der Waals surface area (Å²) in [6.07, 6.45) is -0.156. The van der Waals surface area contributed by atoms with E-state index in [0.29, 0.717) is 6.61 Å². The van der Waals surface area contributed by atoms with Crippen LogP contribution in [0.2, 0.25) is 0 Å². The third-order valence-corrected chi connectivity index (χ3v) is 6.35. The minimum absolute atomic E-state index is 0.274. The van der Waals surface area contributed by atoms with E-state index < -0.39 is 61.9 Å². The van der Waals surface area contributed by atoms with E-state index in [4.69, 9.17) is 18.9 Å². The lowest BCUT2D eigenvalue weighted by atomic mass is 9.98. The van der Waals surface area contributed by atoms with Crippen molar-refractivity contribution in [2.24, 2.45) is 0 Å². The maximum atomic E-state index is 10.5. The molecule has 2 aliphatic rings. The Morgan fingerprint density at radius 3 is 1.91 bits per heavy atom. The zero-order valence-corrected chi connectivity index (χ0v) is 19.7. The van der Waals surface area contributed by atoms with Gasteiger partial charge >= 0.3 is 0 Å². The van der Waals surface area contributed by atoms with E-state index in [1.54, 1.807) is 0 Å². The van der Waals surface area contributed by atoms with Crippen LogP contribution in [0.25, 0.3) is 0 Å². The molecule has 0 spiro atoms. The molecule has 0 radical (unpaired) electrons. The van der Waals surface area contributed by atoms with Crippen LogP contribution < -0.4 is 0 Å². The Balaban J connectivity index is 1.68. The van der Waals surface area contributed by atoms with Crippen LogP contribution in [-0.2, 0) is 18.9 Å². The Kier molecular flexibility index (Phi) is 13.6. The van der Waals surface area contributed by atoms with Gasteiger partial charge in [0.15, 0.2) is 12.6 Å². The van der Waals surface area contributed by atoms with Crippen molar-refractivity contribution in [2.45, 2.75) is 126 Å². The van der Waals surface area contributed by atoms with Gasteiger partial charge in [0.05, 0.1) is 13.2 Å². The molecule has 0 aromatic carbocycles. The highest BCUT2D eigenvalue weighted by Crippen LogP contribution is 2.28. The van der Waals surface area contributed by atoms with Crippen LogP contribution in [0.15, 0.2) is 0 Å². The van der Waals surface area contributed by atoms with Gasteiger partial charge in [0, 0.05) is 6.61 Å². The van der Waals surface area contributed by atoms with E-state index in [0.717, 1.165) is 19.3 Å². The summed E-state index contributed by atoms with van der Waals surface area (Å²) < 4.78 is 21.9. The van der Waals surface area contributed by atoms with Crippen LogP contribution in [0.1, 0.15) is 71.1 Å². The maximum absolute atomic E-state index is 10.5. The fourth-order valence-corrected chi connectivity index (χ4v) is 4.20. The molecular formula is C23H44O10. The number of aliphatic hydroxyl groups is 6. The van der Waals surface area contributed by atoms with Gasteiger partial charge in [-0.1, -0.05) is 64.7 Å².